The number of rotatable bonds is 7. The molecule has 0 aliphatic carbocycles. The summed E-state index contributed by atoms with van der Waals surface area (Å²) in [7, 11) is 0. The van der Waals surface area contributed by atoms with Gasteiger partial charge in [-0.25, -0.2) is 4.98 Å². The number of imidazole rings is 1. The van der Waals surface area contributed by atoms with Crippen molar-refractivity contribution in [1.82, 2.24) is 14.9 Å². The maximum Gasteiger partial charge on any atom is 0.0952 e. The molecule has 0 spiro atoms. The second-order valence-electron chi connectivity index (χ2n) is 5.29. The van der Waals surface area contributed by atoms with Crippen molar-refractivity contribution in [2.75, 3.05) is 13.1 Å². The largest absolute Gasteiger partial charge is 0.333 e. The first kappa shape index (κ1) is 14.3. The molecule has 0 atom stereocenters. The highest BCUT2D eigenvalue weighted by Gasteiger charge is 2.05. The minimum atomic E-state index is 0.902. The summed E-state index contributed by atoms with van der Waals surface area (Å²) in [4.78, 5) is 4.50. The van der Waals surface area contributed by atoms with Crippen LogP contribution in [0.25, 0.3) is 10.1 Å². The maximum absolute atomic E-state index is 4.50. The number of thiophene rings is 1. The molecule has 3 nitrogen and oxygen atoms in total. The van der Waals surface area contributed by atoms with Gasteiger partial charge in [-0.15, -0.1) is 11.3 Å². The molecule has 0 radical (unpaired) electrons. The summed E-state index contributed by atoms with van der Waals surface area (Å²) in [5.74, 6) is 0. The average molecular weight is 299 g/mol. The topological polar surface area (TPSA) is 29.9 Å². The van der Waals surface area contributed by atoms with Crippen molar-refractivity contribution in [3.8, 4) is 0 Å². The molecule has 0 amide bonds. The molecule has 0 saturated heterocycles. The van der Waals surface area contributed by atoms with E-state index in [0.717, 1.165) is 31.7 Å². The van der Waals surface area contributed by atoms with Gasteiger partial charge in [-0.05, 0) is 35.4 Å². The SMILES string of the molecule is CCCNCCc1cn(Cc2csc3ccccc23)cn1. The van der Waals surface area contributed by atoms with E-state index in [-0.39, 0.29) is 0 Å². The first-order valence-electron chi connectivity index (χ1n) is 7.53. The molecule has 0 unspecified atom stereocenters. The minimum Gasteiger partial charge on any atom is -0.333 e. The highest BCUT2D eigenvalue weighted by molar-refractivity contribution is 7.17. The standard InChI is InChI=1S/C17H21N3S/c1-2-8-18-9-7-15-11-20(13-19-15)10-14-12-21-17-6-4-3-5-16(14)17/h3-6,11-13,18H,2,7-10H2,1H3. The Balaban J connectivity index is 1.64. The predicted octanol–water partition coefficient (Wildman–Crippen LogP) is 3.69. The molecule has 2 aromatic heterocycles. The predicted molar refractivity (Wildman–Crippen MR) is 90.0 cm³/mol. The Morgan fingerprint density at radius 1 is 1.24 bits per heavy atom. The van der Waals surface area contributed by atoms with Crippen LogP contribution in [0.3, 0.4) is 0 Å². The third-order valence-corrected chi connectivity index (χ3v) is 4.60. The quantitative estimate of drug-likeness (QED) is 0.674. The Kier molecular flexibility index (Phi) is 4.68. The second-order valence-corrected chi connectivity index (χ2v) is 6.21. The van der Waals surface area contributed by atoms with Crippen molar-refractivity contribution < 1.29 is 0 Å². The minimum absolute atomic E-state index is 0.902. The Hall–Kier alpha value is -1.65. The lowest BCUT2D eigenvalue weighted by molar-refractivity contribution is 0.666. The van der Waals surface area contributed by atoms with E-state index >= 15 is 0 Å². The average Bonchev–Trinajstić information content (AvgIpc) is 3.12. The lowest BCUT2D eigenvalue weighted by atomic mass is 10.2. The molecule has 0 bridgehead atoms. The monoisotopic (exact) mass is 299 g/mol. The highest BCUT2D eigenvalue weighted by Crippen LogP contribution is 2.26. The molecule has 3 rings (SSSR count). The van der Waals surface area contributed by atoms with Gasteiger partial charge < -0.3 is 9.88 Å². The Morgan fingerprint density at radius 2 is 2.14 bits per heavy atom. The lowest BCUT2D eigenvalue weighted by Gasteiger charge is -2.01. The van der Waals surface area contributed by atoms with E-state index in [2.05, 4.69) is 57.6 Å². The number of hydrogen-bond acceptors (Lipinski definition) is 3. The fourth-order valence-corrected chi connectivity index (χ4v) is 3.45. The summed E-state index contributed by atoms with van der Waals surface area (Å²) < 4.78 is 3.54. The van der Waals surface area contributed by atoms with Crippen LogP contribution in [-0.4, -0.2) is 22.6 Å². The molecule has 0 saturated carbocycles. The van der Waals surface area contributed by atoms with E-state index in [0.29, 0.717) is 0 Å². The fraction of sp³-hybridized carbons (Fsp3) is 0.353. The first-order valence-corrected chi connectivity index (χ1v) is 8.41. The summed E-state index contributed by atoms with van der Waals surface area (Å²) in [5, 5.41) is 7.04. The molecular formula is C17H21N3S. The molecule has 0 fully saturated rings. The zero-order chi connectivity index (χ0) is 14.5. The van der Waals surface area contributed by atoms with Gasteiger partial charge in [-0.3, -0.25) is 0 Å². The van der Waals surface area contributed by atoms with Crippen molar-refractivity contribution in [3.05, 3.63) is 53.4 Å². The molecule has 3 aromatic rings. The van der Waals surface area contributed by atoms with Crippen LogP contribution in [0.1, 0.15) is 24.6 Å². The van der Waals surface area contributed by atoms with Crippen LogP contribution in [-0.2, 0) is 13.0 Å². The van der Waals surface area contributed by atoms with E-state index in [1.165, 1.54) is 22.1 Å². The number of fused-ring (bicyclic) bond motifs is 1. The zero-order valence-electron chi connectivity index (χ0n) is 12.4. The van der Waals surface area contributed by atoms with E-state index in [1.54, 1.807) is 0 Å². The van der Waals surface area contributed by atoms with E-state index in [9.17, 15) is 0 Å². The number of nitrogens with zero attached hydrogens (tertiary/aromatic N) is 2. The summed E-state index contributed by atoms with van der Waals surface area (Å²) in [6.45, 7) is 5.18. The van der Waals surface area contributed by atoms with Crippen LogP contribution in [0.4, 0.5) is 0 Å². The van der Waals surface area contributed by atoms with Crippen molar-refractivity contribution in [2.24, 2.45) is 0 Å². The van der Waals surface area contributed by atoms with Crippen LogP contribution in [0.15, 0.2) is 42.2 Å². The number of aromatic nitrogens is 2. The molecule has 2 heterocycles. The van der Waals surface area contributed by atoms with Crippen LogP contribution in [0.2, 0.25) is 0 Å². The van der Waals surface area contributed by atoms with Crippen molar-refractivity contribution in [3.63, 3.8) is 0 Å². The summed E-state index contributed by atoms with van der Waals surface area (Å²) >= 11 is 1.82. The molecule has 0 aliphatic rings. The normalized spacial score (nSPS) is 11.3. The second kappa shape index (κ2) is 6.87. The van der Waals surface area contributed by atoms with Crippen molar-refractivity contribution >= 4 is 21.4 Å². The van der Waals surface area contributed by atoms with Crippen molar-refractivity contribution in [2.45, 2.75) is 26.3 Å². The number of hydrogen-bond donors (Lipinski definition) is 1. The van der Waals surface area contributed by atoms with Crippen molar-refractivity contribution in [1.29, 1.82) is 0 Å². The van der Waals surface area contributed by atoms with Crippen LogP contribution in [0, 0.1) is 0 Å². The lowest BCUT2D eigenvalue weighted by Crippen LogP contribution is -2.17. The van der Waals surface area contributed by atoms with Gasteiger partial charge in [0.15, 0.2) is 0 Å². The highest BCUT2D eigenvalue weighted by atomic mass is 32.1. The van der Waals surface area contributed by atoms with Crippen LogP contribution in [0.5, 0.6) is 0 Å². The molecule has 0 aliphatic heterocycles. The Bertz CT molecular complexity index is 699. The van der Waals surface area contributed by atoms with Gasteiger partial charge >= 0.3 is 0 Å². The molecule has 21 heavy (non-hydrogen) atoms. The molecule has 4 heteroatoms. The van der Waals surface area contributed by atoms with E-state index in [4.69, 9.17) is 0 Å². The van der Waals surface area contributed by atoms with Gasteiger partial charge in [0.2, 0.25) is 0 Å². The van der Waals surface area contributed by atoms with Gasteiger partial charge in [-0.2, -0.15) is 0 Å². The Morgan fingerprint density at radius 3 is 3.05 bits per heavy atom. The third kappa shape index (κ3) is 3.52. The smallest absolute Gasteiger partial charge is 0.0952 e. The fourth-order valence-electron chi connectivity index (χ4n) is 2.49. The van der Waals surface area contributed by atoms with Gasteiger partial charge in [0.25, 0.3) is 0 Å². The first-order chi connectivity index (χ1) is 10.4. The summed E-state index contributed by atoms with van der Waals surface area (Å²) in [6.07, 6.45) is 6.29. The molecule has 1 N–H and O–H groups in total. The van der Waals surface area contributed by atoms with Gasteiger partial charge in [0.1, 0.15) is 0 Å². The molecule has 1 aromatic carbocycles. The third-order valence-electron chi connectivity index (χ3n) is 3.59. The molecular weight excluding hydrogens is 278 g/mol. The number of nitrogens with one attached hydrogen (secondary N) is 1. The van der Waals surface area contributed by atoms with Gasteiger partial charge in [-0.1, -0.05) is 25.1 Å². The van der Waals surface area contributed by atoms with Gasteiger partial charge in [0.05, 0.1) is 12.0 Å². The summed E-state index contributed by atoms with van der Waals surface area (Å²) in [5.41, 5.74) is 2.54. The van der Waals surface area contributed by atoms with Crippen LogP contribution < -0.4 is 5.32 Å². The summed E-state index contributed by atoms with van der Waals surface area (Å²) in [6, 6.07) is 8.59. The van der Waals surface area contributed by atoms with Gasteiger partial charge in [0, 0.05) is 30.4 Å². The molecule has 110 valence electrons. The van der Waals surface area contributed by atoms with E-state index in [1.807, 2.05) is 17.7 Å². The van der Waals surface area contributed by atoms with Crippen LogP contribution >= 0.6 is 11.3 Å². The zero-order valence-corrected chi connectivity index (χ0v) is 13.2. The Labute approximate surface area is 129 Å². The maximum atomic E-state index is 4.50. The number of benzene rings is 1. The van der Waals surface area contributed by atoms with E-state index < -0.39 is 0 Å².